The Morgan fingerprint density at radius 2 is 1.80 bits per heavy atom. The van der Waals surface area contributed by atoms with Gasteiger partial charge in [0, 0.05) is 58.3 Å². The largest absolute Gasteiger partial charge is 0.391 e. The minimum atomic E-state index is -1.44. The molecular weight excluding hydrogens is 682 g/mol. The molecule has 1 heterocycles. The van der Waals surface area contributed by atoms with E-state index in [-0.39, 0.29) is 11.6 Å². The minimum Gasteiger partial charge on any atom is -0.391 e. The smallest absolute Gasteiger partial charge is 0.347 e. The number of hydrogen-bond donors (Lipinski definition) is 0. The van der Waals surface area contributed by atoms with E-state index in [0.717, 1.165) is 69.2 Å². The molecule has 0 aliphatic carbocycles. The van der Waals surface area contributed by atoms with Gasteiger partial charge in [0.05, 0.1) is 11.2 Å². The summed E-state index contributed by atoms with van der Waals surface area (Å²) in [4.78, 5) is 18.7. The lowest BCUT2D eigenvalue weighted by molar-refractivity contribution is -0.0503. The molecule has 0 unspecified atom stereocenters. The Labute approximate surface area is 274 Å². The van der Waals surface area contributed by atoms with Crippen LogP contribution in [0.3, 0.4) is 0 Å². The van der Waals surface area contributed by atoms with Crippen LogP contribution in [0, 0.1) is 0 Å². The molecular formula is C34H45F3IN3O3. The number of anilines is 2. The standard InChI is InChI=1S/C34H45F3IN3O3/c1-25(2)40(4)32-16-11-26(8-6-10-30(36)31(37)23-35)22-28(32)9-7-19-41-20-17-34(43-5,18-21-41)24-39(3)29-14-12-27(13-15-29)33(42)44-38/h6,10-16,22,25H,7-9,17-21,23-24H2,1-5H3/b10-6-,31-30-. The van der Waals surface area contributed by atoms with Gasteiger partial charge in [-0.25, -0.2) is 18.0 Å². The van der Waals surface area contributed by atoms with E-state index in [0.29, 0.717) is 18.0 Å². The van der Waals surface area contributed by atoms with E-state index in [9.17, 15) is 18.0 Å². The summed E-state index contributed by atoms with van der Waals surface area (Å²) >= 11 is 1.60. The van der Waals surface area contributed by atoms with Crippen molar-refractivity contribution in [3.8, 4) is 0 Å². The lowest BCUT2D eigenvalue weighted by Crippen LogP contribution is -2.51. The topological polar surface area (TPSA) is 45.2 Å². The van der Waals surface area contributed by atoms with E-state index in [1.807, 2.05) is 25.2 Å². The maximum Gasteiger partial charge on any atom is 0.347 e. The quantitative estimate of drug-likeness (QED) is 0.138. The molecule has 1 aliphatic rings. The number of benzene rings is 2. The number of hydrogen-bond acceptors (Lipinski definition) is 6. The van der Waals surface area contributed by atoms with Gasteiger partial charge < -0.3 is 22.5 Å². The third-order valence-corrected chi connectivity index (χ3v) is 8.95. The van der Waals surface area contributed by atoms with Gasteiger partial charge in [-0.3, -0.25) is 0 Å². The van der Waals surface area contributed by atoms with Crippen molar-refractivity contribution >= 4 is 40.3 Å². The average Bonchev–Trinajstić information content (AvgIpc) is 3.04. The first-order valence-corrected chi connectivity index (χ1v) is 15.9. The van der Waals surface area contributed by atoms with E-state index in [4.69, 9.17) is 7.80 Å². The highest BCUT2D eigenvalue weighted by molar-refractivity contribution is 14.1. The number of carbonyl (C=O) groups is 1. The Morgan fingerprint density at radius 3 is 2.39 bits per heavy atom. The van der Waals surface area contributed by atoms with Crippen molar-refractivity contribution in [3.63, 3.8) is 0 Å². The second kappa shape index (κ2) is 17.2. The number of rotatable bonds is 15. The number of halogens is 4. The van der Waals surface area contributed by atoms with Crippen molar-refractivity contribution in [2.45, 2.75) is 57.6 Å². The van der Waals surface area contributed by atoms with E-state index in [2.05, 4.69) is 47.7 Å². The summed E-state index contributed by atoms with van der Waals surface area (Å²) in [5.74, 6) is -2.90. The highest BCUT2D eigenvalue weighted by atomic mass is 127. The molecule has 0 spiro atoms. The summed E-state index contributed by atoms with van der Waals surface area (Å²) in [6.07, 6.45) is 6.68. The molecule has 242 valence electrons. The van der Waals surface area contributed by atoms with Crippen LogP contribution in [0.5, 0.6) is 0 Å². The predicted molar refractivity (Wildman–Crippen MR) is 181 cm³/mol. The maximum absolute atomic E-state index is 13.6. The normalized spacial score (nSPS) is 15.9. The monoisotopic (exact) mass is 727 g/mol. The molecule has 6 nitrogen and oxygen atoms in total. The number of likely N-dealkylation sites (tertiary alicyclic amines) is 1. The summed E-state index contributed by atoms with van der Waals surface area (Å²) in [6.45, 7) is 6.47. The van der Waals surface area contributed by atoms with E-state index >= 15 is 0 Å². The molecule has 1 fully saturated rings. The summed E-state index contributed by atoms with van der Waals surface area (Å²) < 4.78 is 49.9. The van der Waals surface area contributed by atoms with Gasteiger partial charge >= 0.3 is 5.97 Å². The van der Waals surface area contributed by atoms with Crippen molar-refractivity contribution in [1.29, 1.82) is 0 Å². The molecule has 2 aromatic rings. The first kappa shape index (κ1) is 35.9. The van der Waals surface area contributed by atoms with Crippen LogP contribution in [-0.2, 0) is 20.6 Å². The summed E-state index contributed by atoms with van der Waals surface area (Å²) in [5, 5.41) is 0. The van der Waals surface area contributed by atoms with Crippen molar-refractivity contribution in [2.24, 2.45) is 0 Å². The van der Waals surface area contributed by atoms with Gasteiger partial charge in [0.1, 0.15) is 6.67 Å². The highest BCUT2D eigenvalue weighted by Gasteiger charge is 2.35. The van der Waals surface area contributed by atoms with Crippen molar-refractivity contribution in [1.82, 2.24) is 4.90 Å². The van der Waals surface area contributed by atoms with Gasteiger partial charge in [-0.2, -0.15) is 0 Å². The molecule has 1 saturated heterocycles. The minimum absolute atomic E-state index is 0.248. The van der Waals surface area contributed by atoms with Crippen LogP contribution in [-0.4, -0.2) is 76.6 Å². The molecule has 44 heavy (non-hydrogen) atoms. The summed E-state index contributed by atoms with van der Waals surface area (Å²) in [7, 11) is 5.92. The predicted octanol–water partition coefficient (Wildman–Crippen LogP) is 7.81. The Morgan fingerprint density at radius 1 is 1.11 bits per heavy atom. The first-order chi connectivity index (χ1) is 21.0. The van der Waals surface area contributed by atoms with Crippen molar-refractivity contribution < 1.29 is 25.8 Å². The van der Waals surface area contributed by atoms with Crippen LogP contribution in [0.25, 0.3) is 0 Å². The molecule has 0 saturated carbocycles. The third kappa shape index (κ3) is 9.97. The fraction of sp³-hybridized carbons (Fsp3) is 0.500. The summed E-state index contributed by atoms with van der Waals surface area (Å²) in [6, 6.07) is 14.0. The maximum atomic E-state index is 13.6. The lowest BCUT2D eigenvalue weighted by atomic mass is 9.90. The zero-order valence-electron chi connectivity index (χ0n) is 26.4. The molecule has 0 aromatic heterocycles. The SMILES string of the molecule is COC1(CN(C)c2ccc(C(=O)OI)cc2)CCN(CCCc2cc(C/C=C\C(F)=C(\F)CF)ccc2N(C)C(C)C)CC1. The Balaban J connectivity index is 1.58. The van der Waals surface area contributed by atoms with Crippen LogP contribution in [0.4, 0.5) is 24.5 Å². The van der Waals surface area contributed by atoms with Gasteiger partial charge in [-0.15, -0.1) is 0 Å². The van der Waals surface area contributed by atoms with Crippen LogP contribution >= 0.6 is 23.0 Å². The number of likely N-dealkylation sites (N-methyl/N-ethyl adjacent to an activating group) is 1. The number of nitrogens with zero attached hydrogens (tertiary/aromatic N) is 3. The summed E-state index contributed by atoms with van der Waals surface area (Å²) in [5.41, 5.74) is 4.68. The van der Waals surface area contributed by atoms with Crippen LogP contribution in [0.15, 0.2) is 66.3 Å². The van der Waals surface area contributed by atoms with Crippen molar-refractivity contribution in [3.05, 3.63) is 83.0 Å². The highest BCUT2D eigenvalue weighted by Crippen LogP contribution is 2.30. The Hall–Kier alpha value is -2.57. The molecule has 0 bridgehead atoms. The number of methoxy groups -OCH3 is 1. The molecule has 0 amide bonds. The van der Waals surface area contributed by atoms with Crippen LogP contribution in [0.1, 0.15) is 54.6 Å². The number of allylic oxidation sites excluding steroid dienone is 4. The fourth-order valence-corrected chi connectivity index (χ4v) is 5.82. The Bertz CT molecular complexity index is 1280. The number of ether oxygens (including phenoxy) is 1. The van der Waals surface area contributed by atoms with Gasteiger partial charge in [-0.05, 0) is 100 Å². The third-order valence-electron chi connectivity index (χ3n) is 8.55. The van der Waals surface area contributed by atoms with Gasteiger partial charge in [0.15, 0.2) is 34.7 Å². The van der Waals surface area contributed by atoms with E-state index in [1.165, 1.54) is 17.3 Å². The van der Waals surface area contributed by atoms with E-state index in [1.54, 1.807) is 42.2 Å². The Kier molecular flexibility index (Phi) is 14.0. The molecule has 10 heteroatoms. The second-order valence-corrected chi connectivity index (χ2v) is 12.2. The second-order valence-electron chi connectivity index (χ2n) is 11.8. The molecule has 3 rings (SSSR count). The number of piperidine rings is 1. The van der Waals surface area contributed by atoms with Crippen molar-refractivity contribution in [2.75, 3.05) is 63.9 Å². The molecule has 1 aliphatic heterocycles. The lowest BCUT2D eigenvalue weighted by Gasteiger charge is -2.43. The molecule has 0 radical (unpaired) electrons. The number of carbonyl (C=O) groups excluding carboxylic acids is 1. The first-order valence-electron chi connectivity index (χ1n) is 15.1. The van der Waals surface area contributed by atoms with Gasteiger partial charge in [-0.1, -0.05) is 18.2 Å². The molecule has 0 N–H and O–H groups in total. The molecule has 2 aromatic carbocycles. The van der Waals surface area contributed by atoms with Gasteiger partial charge in [0.25, 0.3) is 0 Å². The number of alkyl halides is 1. The molecule has 0 atom stereocenters. The zero-order valence-corrected chi connectivity index (χ0v) is 28.6. The average molecular weight is 728 g/mol. The van der Waals surface area contributed by atoms with E-state index < -0.39 is 18.3 Å². The fourth-order valence-electron chi connectivity index (χ4n) is 5.57. The van der Waals surface area contributed by atoms with Crippen LogP contribution in [0.2, 0.25) is 0 Å². The number of aryl methyl sites for hydroxylation is 1. The van der Waals surface area contributed by atoms with Gasteiger partial charge in [0.2, 0.25) is 0 Å². The van der Waals surface area contributed by atoms with Crippen LogP contribution < -0.4 is 9.80 Å². The zero-order chi connectivity index (χ0) is 32.3.